The highest BCUT2D eigenvalue weighted by Crippen LogP contribution is 2.14. The van der Waals surface area contributed by atoms with Gasteiger partial charge in [0.05, 0.1) is 5.69 Å². The third-order valence-corrected chi connectivity index (χ3v) is 1.69. The highest BCUT2D eigenvalue weighted by molar-refractivity contribution is 5.63. The molecule has 0 amide bonds. The number of pyridine rings is 1. The van der Waals surface area contributed by atoms with Gasteiger partial charge in [0.25, 0.3) is 0 Å². The topological polar surface area (TPSA) is 12.9 Å². The average Bonchev–Trinajstić information content (AvgIpc) is 2.15. The number of nitrogens with zero attached hydrogens (tertiary/aromatic N) is 1. The number of hydrogen-bond acceptors (Lipinski definition) is 1. The molecule has 0 bridgehead atoms. The van der Waals surface area contributed by atoms with Crippen molar-refractivity contribution in [1.82, 2.24) is 4.98 Å². The van der Waals surface area contributed by atoms with Crippen LogP contribution in [0.5, 0.6) is 0 Å². The molecule has 1 heterocycles. The van der Waals surface area contributed by atoms with E-state index in [0.717, 1.165) is 12.1 Å². The van der Waals surface area contributed by atoms with Crippen LogP contribution in [-0.4, -0.2) is 4.98 Å². The molecule has 0 radical (unpaired) electrons. The third-order valence-electron chi connectivity index (χ3n) is 1.69. The predicted molar refractivity (Wildman–Crippen MR) is 52.7 cm³/mol. The first-order chi connectivity index (χ1) is 5.88. The molecular formula is C11H13N. The monoisotopic (exact) mass is 159 g/mol. The molecule has 62 valence electrons. The lowest BCUT2D eigenvalue weighted by Crippen LogP contribution is -1.85. The van der Waals surface area contributed by atoms with Gasteiger partial charge in [0, 0.05) is 6.20 Å². The molecule has 0 atom stereocenters. The van der Waals surface area contributed by atoms with Gasteiger partial charge in [0.15, 0.2) is 0 Å². The summed E-state index contributed by atoms with van der Waals surface area (Å²) in [6, 6.07) is 5.93. The van der Waals surface area contributed by atoms with E-state index in [1.807, 2.05) is 30.5 Å². The summed E-state index contributed by atoms with van der Waals surface area (Å²) in [5.74, 6) is 0. The van der Waals surface area contributed by atoms with Gasteiger partial charge in [0.1, 0.15) is 0 Å². The van der Waals surface area contributed by atoms with Crippen molar-refractivity contribution in [2.45, 2.75) is 13.3 Å². The van der Waals surface area contributed by atoms with Crippen molar-refractivity contribution < 1.29 is 0 Å². The molecule has 0 N–H and O–H groups in total. The van der Waals surface area contributed by atoms with Crippen molar-refractivity contribution in [1.29, 1.82) is 0 Å². The van der Waals surface area contributed by atoms with Crippen molar-refractivity contribution in [3.63, 3.8) is 0 Å². The maximum Gasteiger partial charge on any atom is 0.0661 e. The average molecular weight is 159 g/mol. The van der Waals surface area contributed by atoms with Crippen molar-refractivity contribution in [3.05, 3.63) is 48.8 Å². The molecule has 1 aromatic heterocycles. The fourth-order valence-corrected chi connectivity index (χ4v) is 1.08. The maximum atomic E-state index is 4.25. The minimum Gasteiger partial charge on any atom is -0.257 e. The smallest absolute Gasteiger partial charge is 0.0661 e. The van der Waals surface area contributed by atoms with E-state index in [9.17, 15) is 0 Å². The van der Waals surface area contributed by atoms with E-state index < -0.39 is 0 Å². The van der Waals surface area contributed by atoms with Gasteiger partial charge >= 0.3 is 0 Å². The van der Waals surface area contributed by atoms with Crippen molar-refractivity contribution >= 4 is 5.57 Å². The lowest BCUT2D eigenvalue weighted by Gasteiger charge is -2.00. The summed E-state index contributed by atoms with van der Waals surface area (Å²) in [6.45, 7) is 5.78. The van der Waals surface area contributed by atoms with Crippen LogP contribution in [0.2, 0.25) is 0 Å². The fraction of sp³-hybridized carbons (Fsp3) is 0.182. The Bertz CT molecular complexity index is 272. The predicted octanol–water partition coefficient (Wildman–Crippen LogP) is 3.06. The van der Waals surface area contributed by atoms with E-state index in [4.69, 9.17) is 0 Å². The SMILES string of the molecule is C=C/C=C(/CC)c1ccccn1. The second-order valence-electron chi connectivity index (χ2n) is 2.50. The summed E-state index contributed by atoms with van der Waals surface area (Å²) in [6.07, 6.45) is 6.60. The van der Waals surface area contributed by atoms with Crippen LogP contribution >= 0.6 is 0 Å². The summed E-state index contributed by atoms with van der Waals surface area (Å²) in [7, 11) is 0. The first kappa shape index (κ1) is 8.72. The number of allylic oxidation sites excluding steroid dienone is 3. The molecule has 0 aliphatic heterocycles. The van der Waals surface area contributed by atoms with E-state index in [1.54, 1.807) is 6.08 Å². The van der Waals surface area contributed by atoms with Crippen LogP contribution in [-0.2, 0) is 0 Å². The van der Waals surface area contributed by atoms with E-state index in [1.165, 1.54) is 5.57 Å². The van der Waals surface area contributed by atoms with Gasteiger partial charge < -0.3 is 0 Å². The van der Waals surface area contributed by atoms with E-state index >= 15 is 0 Å². The van der Waals surface area contributed by atoms with Crippen LogP contribution in [0.4, 0.5) is 0 Å². The van der Waals surface area contributed by atoms with Crippen molar-refractivity contribution in [2.24, 2.45) is 0 Å². The quantitative estimate of drug-likeness (QED) is 0.618. The van der Waals surface area contributed by atoms with Gasteiger partial charge in [-0.15, -0.1) is 0 Å². The zero-order chi connectivity index (χ0) is 8.81. The molecule has 0 aliphatic carbocycles. The number of hydrogen-bond donors (Lipinski definition) is 0. The van der Waals surface area contributed by atoms with E-state index in [0.29, 0.717) is 0 Å². The highest BCUT2D eigenvalue weighted by atomic mass is 14.7. The minimum absolute atomic E-state index is 0.989. The Morgan fingerprint density at radius 1 is 1.58 bits per heavy atom. The van der Waals surface area contributed by atoms with E-state index in [2.05, 4.69) is 18.5 Å². The second kappa shape index (κ2) is 4.50. The van der Waals surface area contributed by atoms with Crippen LogP contribution < -0.4 is 0 Å². The minimum atomic E-state index is 0.989. The molecule has 12 heavy (non-hydrogen) atoms. The Balaban J connectivity index is 2.95. The van der Waals surface area contributed by atoms with Crippen LogP contribution in [0, 0.1) is 0 Å². The molecule has 0 saturated carbocycles. The lowest BCUT2D eigenvalue weighted by atomic mass is 10.1. The summed E-state index contributed by atoms with van der Waals surface area (Å²) in [5.41, 5.74) is 2.27. The molecule has 1 nitrogen and oxygen atoms in total. The molecule has 0 aromatic carbocycles. The summed E-state index contributed by atoms with van der Waals surface area (Å²) in [5, 5.41) is 0. The second-order valence-corrected chi connectivity index (χ2v) is 2.50. The molecule has 0 unspecified atom stereocenters. The zero-order valence-corrected chi connectivity index (χ0v) is 7.33. The Morgan fingerprint density at radius 2 is 2.42 bits per heavy atom. The largest absolute Gasteiger partial charge is 0.257 e. The molecule has 0 saturated heterocycles. The van der Waals surface area contributed by atoms with Crippen molar-refractivity contribution in [2.75, 3.05) is 0 Å². The Labute approximate surface area is 73.5 Å². The molecule has 1 aromatic rings. The van der Waals surface area contributed by atoms with E-state index in [-0.39, 0.29) is 0 Å². The zero-order valence-electron chi connectivity index (χ0n) is 7.33. The first-order valence-electron chi connectivity index (χ1n) is 4.11. The Kier molecular flexibility index (Phi) is 3.27. The van der Waals surface area contributed by atoms with Crippen LogP contribution in [0.3, 0.4) is 0 Å². The third kappa shape index (κ3) is 2.06. The van der Waals surface area contributed by atoms with Gasteiger partial charge in [-0.1, -0.05) is 31.7 Å². The number of rotatable bonds is 3. The maximum absolute atomic E-state index is 4.25. The van der Waals surface area contributed by atoms with Crippen LogP contribution in [0.25, 0.3) is 5.57 Å². The summed E-state index contributed by atoms with van der Waals surface area (Å²) >= 11 is 0. The van der Waals surface area contributed by atoms with Gasteiger partial charge in [-0.2, -0.15) is 0 Å². The summed E-state index contributed by atoms with van der Waals surface area (Å²) in [4.78, 5) is 4.25. The molecule has 0 fully saturated rings. The Morgan fingerprint density at radius 3 is 2.92 bits per heavy atom. The fourth-order valence-electron chi connectivity index (χ4n) is 1.08. The molecular weight excluding hydrogens is 146 g/mol. The first-order valence-corrected chi connectivity index (χ1v) is 4.11. The normalized spacial score (nSPS) is 11.2. The lowest BCUT2D eigenvalue weighted by molar-refractivity contribution is 1.18. The molecule has 1 rings (SSSR count). The Hall–Kier alpha value is -1.37. The number of aromatic nitrogens is 1. The molecule has 0 aliphatic rings. The highest BCUT2D eigenvalue weighted by Gasteiger charge is 1.96. The van der Waals surface area contributed by atoms with Crippen LogP contribution in [0.1, 0.15) is 19.0 Å². The van der Waals surface area contributed by atoms with Gasteiger partial charge in [-0.3, -0.25) is 4.98 Å². The van der Waals surface area contributed by atoms with Gasteiger partial charge in [-0.25, -0.2) is 0 Å². The molecule has 1 heteroatoms. The van der Waals surface area contributed by atoms with Gasteiger partial charge in [0.2, 0.25) is 0 Å². The standard InChI is InChI=1S/C11H13N/c1-3-7-10(4-2)11-8-5-6-9-12-11/h3,5-9H,1,4H2,2H3/b10-7-. The summed E-state index contributed by atoms with van der Waals surface area (Å²) < 4.78 is 0. The molecule has 0 spiro atoms. The van der Waals surface area contributed by atoms with Gasteiger partial charge in [-0.05, 0) is 24.1 Å². The van der Waals surface area contributed by atoms with Crippen LogP contribution in [0.15, 0.2) is 43.1 Å². The van der Waals surface area contributed by atoms with Crippen molar-refractivity contribution in [3.8, 4) is 0 Å².